The van der Waals surface area contributed by atoms with Gasteiger partial charge >= 0.3 is 6.09 Å². The summed E-state index contributed by atoms with van der Waals surface area (Å²) in [5.41, 5.74) is 0.337. The van der Waals surface area contributed by atoms with E-state index < -0.39 is 37.2 Å². The molecular weight excluding hydrogens is 598 g/mol. The van der Waals surface area contributed by atoms with E-state index in [1.54, 1.807) is 10.8 Å². The Hall–Kier alpha value is -3.96. The van der Waals surface area contributed by atoms with Gasteiger partial charge in [0.25, 0.3) is 0 Å². The molecule has 0 atom stereocenters. The first-order valence-corrected chi connectivity index (χ1v) is 17.2. The van der Waals surface area contributed by atoms with Crippen molar-refractivity contribution in [2.24, 2.45) is 0 Å². The number of quaternary nitrogens is 1. The number of nitrogens with zero attached hydrogens (tertiary/aromatic N) is 2. The summed E-state index contributed by atoms with van der Waals surface area (Å²) < 4.78 is 54.1. The molecule has 0 bridgehead atoms. The molecule has 6 N–H and O–H groups in total. The lowest BCUT2D eigenvalue weighted by molar-refractivity contribution is -0.497. The number of pyridine rings is 1. The molecule has 1 aliphatic rings. The molecule has 2 aromatic carbocycles. The Labute approximate surface area is 252 Å². The van der Waals surface area contributed by atoms with Gasteiger partial charge in [0.1, 0.15) is 35.2 Å². The van der Waals surface area contributed by atoms with Crippen molar-refractivity contribution in [3.63, 3.8) is 0 Å². The van der Waals surface area contributed by atoms with E-state index in [1.807, 2.05) is 0 Å². The number of fused-ring (bicyclic) bond motifs is 1. The maximum atomic E-state index is 15.2. The molecule has 15 heteroatoms. The van der Waals surface area contributed by atoms with Crippen molar-refractivity contribution in [2.45, 2.75) is 38.0 Å². The minimum absolute atomic E-state index is 0. The molecule has 12 nitrogen and oxygen atoms in total. The van der Waals surface area contributed by atoms with Crippen LogP contribution in [0.15, 0.2) is 54.9 Å². The number of hydrogen-bond donors (Lipinski definition) is 3. The van der Waals surface area contributed by atoms with E-state index in [0.29, 0.717) is 34.4 Å². The number of ether oxygens (including phenoxy) is 4. The normalized spacial score (nSPS) is 14.1. The first kappa shape index (κ1) is 32.9. The molecule has 1 amide bonds. The van der Waals surface area contributed by atoms with Crippen LogP contribution in [0.2, 0.25) is 25.7 Å². The number of aromatic nitrogens is 2. The molecular formula is C29H34F2N4O8Si. The quantitative estimate of drug-likeness (QED) is 0.0958. The highest BCUT2D eigenvalue weighted by Crippen LogP contribution is 2.41. The van der Waals surface area contributed by atoms with Crippen LogP contribution in [-0.4, -0.2) is 54.1 Å². The van der Waals surface area contributed by atoms with Crippen molar-refractivity contribution >= 4 is 36.6 Å². The van der Waals surface area contributed by atoms with E-state index in [1.165, 1.54) is 36.5 Å². The number of anilines is 1. The molecule has 5 rings (SSSR count). The van der Waals surface area contributed by atoms with Crippen LogP contribution in [0.1, 0.15) is 5.56 Å². The largest absolute Gasteiger partial charge is 0.630 e. The molecule has 1 saturated heterocycles. The van der Waals surface area contributed by atoms with E-state index in [9.17, 15) is 15.1 Å². The Morgan fingerprint density at radius 2 is 1.86 bits per heavy atom. The summed E-state index contributed by atoms with van der Waals surface area (Å²) in [6.07, 6.45) is 2.14. The number of rotatable bonds is 11. The van der Waals surface area contributed by atoms with Gasteiger partial charge in [-0.15, -0.1) is 0 Å². The number of nitrogens with one attached hydrogen (secondary N) is 1. The third-order valence-corrected chi connectivity index (χ3v) is 8.52. The zero-order valence-electron chi connectivity index (χ0n) is 24.4. The number of amides is 1. The van der Waals surface area contributed by atoms with Crippen LogP contribution in [0.25, 0.3) is 11.0 Å². The van der Waals surface area contributed by atoms with Crippen LogP contribution >= 0.6 is 0 Å². The van der Waals surface area contributed by atoms with E-state index in [2.05, 4.69) is 29.9 Å². The summed E-state index contributed by atoms with van der Waals surface area (Å²) in [7, 11) is -1.31. The number of carbonyl (C=O) groups is 1. The minimum Gasteiger partial charge on any atom is -0.630 e. The van der Waals surface area contributed by atoms with E-state index >= 15 is 8.78 Å². The van der Waals surface area contributed by atoms with E-state index in [-0.39, 0.29) is 42.6 Å². The van der Waals surface area contributed by atoms with Crippen LogP contribution in [0.4, 0.5) is 25.0 Å². The maximum Gasteiger partial charge on any atom is 0.417 e. The third kappa shape index (κ3) is 7.39. The Morgan fingerprint density at radius 3 is 2.45 bits per heavy atom. The second kappa shape index (κ2) is 13.4. The first-order valence-electron chi connectivity index (χ1n) is 13.5. The second-order valence-corrected chi connectivity index (χ2v) is 17.1. The molecule has 0 spiro atoms. The van der Waals surface area contributed by atoms with Gasteiger partial charge in [-0.3, -0.25) is 5.32 Å². The highest BCUT2D eigenvalue weighted by atomic mass is 28.3. The van der Waals surface area contributed by atoms with Gasteiger partial charge in [-0.25, -0.2) is 18.6 Å². The van der Waals surface area contributed by atoms with Gasteiger partial charge in [-0.2, -0.15) is 0 Å². The third-order valence-electron chi connectivity index (χ3n) is 6.81. The average molecular weight is 633 g/mol. The fourth-order valence-electron chi connectivity index (χ4n) is 4.42. The minimum atomic E-state index is -1.33. The van der Waals surface area contributed by atoms with Crippen molar-refractivity contribution < 1.29 is 48.6 Å². The molecule has 4 aromatic rings. The number of carbonyl (C=O) groups excluding carboxylic acids is 1. The molecule has 44 heavy (non-hydrogen) atoms. The van der Waals surface area contributed by atoms with Crippen LogP contribution in [0.5, 0.6) is 17.2 Å². The number of hydrogen-bond acceptors (Lipinski definition) is 8. The predicted octanol–water partition coefficient (Wildman–Crippen LogP) is 4.12. The van der Waals surface area contributed by atoms with E-state index in [4.69, 9.17) is 18.9 Å². The number of halogens is 2. The van der Waals surface area contributed by atoms with Crippen molar-refractivity contribution in [3.05, 3.63) is 77.3 Å². The van der Waals surface area contributed by atoms with Crippen LogP contribution in [-0.2, 0) is 21.8 Å². The molecule has 236 valence electrons. The monoisotopic (exact) mass is 632 g/mol. The van der Waals surface area contributed by atoms with Crippen LogP contribution in [0.3, 0.4) is 0 Å². The highest BCUT2D eigenvalue weighted by molar-refractivity contribution is 6.76. The van der Waals surface area contributed by atoms with Crippen molar-refractivity contribution in [2.75, 3.05) is 25.1 Å². The molecule has 0 saturated carbocycles. The predicted molar refractivity (Wildman–Crippen MR) is 160 cm³/mol. The Bertz CT molecular complexity index is 1600. The highest BCUT2D eigenvalue weighted by Gasteiger charge is 2.41. The summed E-state index contributed by atoms with van der Waals surface area (Å²) in [5.74, 6) is -2.68. The van der Waals surface area contributed by atoms with Crippen molar-refractivity contribution in [1.82, 2.24) is 9.55 Å². The average Bonchev–Trinajstić information content (AvgIpc) is 3.31. The van der Waals surface area contributed by atoms with Gasteiger partial charge in [-0.1, -0.05) is 19.6 Å². The fourth-order valence-corrected chi connectivity index (χ4v) is 5.18. The van der Waals surface area contributed by atoms with Crippen LogP contribution in [0, 0.1) is 16.8 Å². The SMILES string of the molecule is C[Si](C)(C)CCOCn1cc(C2(O)COC2)c2c(Oc3c(F)cc(NC(=O)Oc4ccc([NH2+][O-])cc4)cc3F)ccnc21.O. The number of nitrogens with two attached hydrogens (primary N) is 1. The molecule has 1 aliphatic heterocycles. The zero-order chi connectivity index (χ0) is 30.8. The Morgan fingerprint density at radius 1 is 1.18 bits per heavy atom. The molecule has 0 radical (unpaired) electrons. The lowest BCUT2D eigenvalue weighted by atomic mass is 9.92. The molecule has 0 unspecified atom stereocenters. The summed E-state index contributed by atoms with van der Waals surface area (Å²) in [6.45, 7) is 7.55. The van der Waals surface area contributed by atoms with Crippen molar-refractivity contribution in [1.29, 1.82) is 0 Å². The fraction of sp³-hybridized carbons (Fsp3) is 0.310. The molecule has 0 aliphatic carbocycles. The standard InChI is InChI=1S/C29H32F2N4O7Si.H2O/c1-43(2,3)11-10-39-17-35-14-21(29(37)15-40-16-29)25-24(8-9-32-27(25)35)42-26-22(30)12-19(13-23(26)31)33-28(36)41-20-6-4-18(34-38)5-7-20;/h4-9,12-14,37H,10-11,15-17,34H2,1-3H3,(H,33,36);1H2. The molecule has 1 fully saturated rings. The summed E-state index contributed by atoms with van der Waals surface area (Å²) in [4.78, 5) is 16.7. The topological polar surface area (TPSA) is 175 Å². The first-order chi connectivity index (χ1) is 20.5. The van der Waals surface area contributed by atoms with E-state index in [0.717, 1.165) is 18.2 Å². The van der Waals surface area contributed by atoms with Gasteiger partial charge in [0.2, 0.25) is 0 Å². The lowest BCUT2D eigenvalue weighted by Gasteiger charge is -2.36. The lowest BCUT2D eigenvalue weighted by Crippen LogP contribution is -2.70. The Balaban J connectivity index is 0.00000442. The van der Waals surface area contributed by atoms with Gasteiger partial charge in [0, 0.05) is 56.9 Å². The van der Waals surface area contributed by atoms with Crippen LogP contribution < -0.4 is 20.3 Å². The number of benzene rings is 2. The number of aliphatic hydroxyl groups is 1. The molecule has 2 aromatic heterocycles. The zero-order valence-corrected chi connectivity index (χ0v) is 25.4. The summed E-state index contributed by atoms with van der Waals surface area (Å²) in [6, 6.07) is 9.91. The second-order valence-electron chi connectivity index (χ2n) is 11.5. The summed E-state index contributed by atoms with van der Waals surface area (Å²) >= 11 is 0. The van der Waals surface area contributed by atoms with Gasteiger partial charge in [-0.05, 0) is 24.2 Å². The molecule has 3 heterocycles. The Kier molecular flexibility index (Phi) is 10.00. The van der Waals surface area contributed by atoms with Gasteiger partial charge in [0.05, 0.1) is 24.3 Å². The van der Waals surface area contributed by atoms with Gasteiger partial charge < -0.3 is 44.8 Å². The smallest absolute Gasteiger partial charge is 0.417 e. The maximum absolute atomic E-state index is 15.2. The van der Waals surface area contributed by atoms with Crippen molar-refractivity contribution in [3.8, 4) is 17.2 Å². The summed E-state index contributed by atoms with van der Waals surface area (Å²) in [5, 5.41) is 24.6. The van der Waals surface area contributed by atoms with Gasteiger partial charge in [0.15, 0.2) is 17.4 Å².